The quantitative estimate of drug-likeness (QED) is 0.894. The van der Waals surface area contributed by atoms with Crippen LogP contribution >= 0.6 is 11.6 Å². The van der Waals surface area contributed by atoms with E-state index >= 15 is 0 Å². The first kappa shape index (κ1) is 14.8. The second kappa shape index (κ2) is 5.57. The largest absolute Gasteiger partial charge is 0.416 e. The first-order valence-corrected chi connectivity index (χ1v) is 5.24. The lowest BCUT2D eigenvalue weighted by Crippen LogP contribution is -2.18. The minimum atomic E-state index is -4.60. The Labute approximate surface area is 106 Å². The number of aliphatic hydroxyl groups excluding tert-OH is 2. The highest BCUT2D eigenvalue weighted by molar-refractivity contribution is 6.30. The summed E-state index contributed by atoms with van der Waals surface area (Å²) in [5, 5.41) is 27.1. The molecule has 0 aliphatic carbocycles. The molecule has 0 fully saturated rings. The Balaban J connectivity index is 3.11. The minimum Gasteiger partial charge on any atom is -0.389 e. The maximum Gasteiger partial charge on any atom is 0.416 e. The highest BCUT2D eigenvalue weighted by atomic mass is 35.5. The molecule has 0 saturated heterocycles. The number of rotatable bonds is 3. The molecule has 2 N–H and O–H groups in total. The lowest BCUT2D eigenvalue weighted by Gasteiger charge is -2.17. The zero-order chi connectivity index (χ0) is 13.9. The van der Waals surface area contributed by atoms with Gasteiger partial charge in [-0.3, -0.25) is 0 Å². The van der Waals surface area contributed by atoms with E-state index < -0.39 is 30.4 Å². The van der Waals surface area contributed by atoms with Crippen LogP contribution in [0.3, 0.4) is 0 Å². The van der Waals surface area contributed by atoms with E-state index in [1.807, 2.05) is 0 Å². The summed E-state index contributed by atoms with van der Waals surface area (Å²) in [6.45, 7) is 0. The van der Waals surface area contributed by atoms with Crippen molar-refractivity contribution in [3.05, 3.63) is 34.3 Å². The van der Waals surface area contributed by atoms with Gasteiger partial charge in [0.15, 0.2) is 0 Å². The van der Waals surface area contributed by atoms with Crippen LogP contribution in [0.25, 0.3) is 0 Å². The van der Waals surface area contributed by atoms with Crippen LogP contribution in [0.1, 0.15) is 23.7 Å². The summed E-state index contributed by atoms with van der Waals surface area (Å²) < 4.78 is 37.5. The minimum absolute atomic E-state index is 0.183. The highest BCUT2D eigenvalue weighted by Gasteiger charge is 2.32. The van der Waals surface area contributed by atoms with Crippen LogP contribution in [0.15, 0.2) is 18.2 Å². The van der Waals surface area contributed by atoms with Crippen molar-refractivity contribution in [1.82, 2.24) is 0 Å². The maximum absolute atomic E-state index is 12.5. The van der Waals surface area contributed by atoms with Crippen molar-refractivity contribution in [2.75, 3.05) is 0 Å². The predicted molar refractivity (Wildman–Crippen MR) is 57.7 cm³/mol. The van der Waals surface area contributed by atoms with Gasteiger partial charge in [-0.25, -0.2) is 0 Å². The molecule has 1 aromatic rings. The molecule has 1 aromatic carbocycles. The molecule has 0 aliphatic heterocycles. The van der Waals surface area contributed by atoms with Gasteiger partial charge >= 0.3 is 6.18 Å². The summed E-state index contributed by atoms with van der Waals surface area (Å²) in [4.78, 5) is 0. The molecule has 0 saturated carbocycles. The molecule has 3 nitrogen and oxygen atoms in total. The van der Waals surface area contributed by atoms with Crippen molar-refractivity contribution in [1.29, 1.82) is 5.26 Å². The number of nitriles is 1. The van der Waals surface area contributed by atoms with E-state index in [1.54, 1.807) is 6.07 Å². The summed E-state index contributed by atoms with van der Waals surface area (Å²) in [7, 11) is 0. The fourth-order valence-electron chi connectivity index (χ4n) is 1.37. The molecule has 2 atom stereocenters. The van der Waals surface area contributed by atoms with Gasteiger partial charge in [0.2, 0.25) is 0 Å². The SMILES string of the molecule is N#CCC(O)C(O)c1cc(Cl)cc(C(F)(F)F)c1. The van der Waals surface area contributed by atoms with Crippen molar-refractivity contribution in [2.45, 2.75) is 24.8 Å². The van der Waals surface area contributed by atoms with E-state index in [-0.39, 0.29) is 10.6 Å². The molecular weight excluding hydrogens is 271 g/mol. The summed E-state index contributed by atoms with van der Waals surface area (Å²) in [5.41, 5.74) is -1.20. The summed E-state index contributed by atoms with van der Waals surface area (Å²) in [6.07, 6.45) is -8.05. The Morgan fingerprint density at radius 3 is 2.39 bits per heavy atom. The normalized spacial score (nSPS) is 14.9. The van der Waals surface area contributed by atoms with Crippen LogP contribution in [-0.2, 0) is 6.18 Å². The third-order valence-electron chi connectivity index (χ3n) is 2.25. The molecule has 18 heavy (non-hydrogen) atoms. The Hall–Kier alpha value is -1.29. The third kappa shape index (κ3) is 3.60. The molecule has 0 heterocycles. The van der Waals surface area contributed by atoms with E-state index in [9.17, 15) is 23.4 Å². The lowest BCUT2D eigenvalue weighted by molar-refractivity contribution is -0.137. The van der Waals surface area contributed by atoms with Gasteiger partial charge in [-0.15, -0.1) is 0 Å². The lowest BCUT2D eigenvalue weighted by atomic mass is 10.0. The molecule has 0 spiro atoms. The van der Waals surface area contributed by atoms with Crippen LogP contribution in [0.5, 0.6) is 0 Å². The Kier molecular flexibility index (Phi) is 4.57. The zero-order valence-corrected chi connectivity index (χ0v) is 9.70. The fraction of sp³-hybridized carbons (Fsp3) is 0.364. The number of hydrogen-bond donors (Lipinski definition) is 2. The van der Waals surface area contributed by atoms with Gasteiger partial charge in [0.05, 0.1) is 24.2 Å². The van der Waals surface area contributed by atoms with Crippen molar-refractivity contribution < 1.29 is 23.4 Å². The Bertz CT molecular complexity index is 470. The molecule has 0 radical (unpaired) electrons. The molecule has 0 aromatic heterocycles. The van der Waals surface area contributed by atoms with Gasteiger partial charge in [0.1, 0.15) is 6.10 Å². The molecule has 1 rings (SSSR count). The number of nitrogens with zero attached hydrogens (tertiary/aromatic N) is 1. The standard InChI is InChI=1S/C11H9ClF3NO2/c12-8-4-6(10(18)9(17)1-2-16)3-7(5-8)11(13,14)15/h3-5,9-10,17-18H,1H2. The number of benzene rings is 1. The van der Waals surface area contributed by atoms with Gasteiger partial charge in [-0.2, -0.15) is 18.4 Å². The van der Waals surface area contributed by atoms with Crippen molar-refractivity contribution in [2.24, 2.45) is 0 Å². The fourth-order valence-corrected chi connectivity index (χ4v) is 1.62. The summed E-state index contributed by atoms with van der Waals surface area (Å²) in [6, 6.07) is 4.13. The van der Waals surface area contributed by atoms with Gasteiger partial charge in [0, 0.05) is 5.02 Å². The topological polar surface area (TPSA) is 64.2 Å². The molecule has 0 amide bonds. The summed E-state index contributed by atoms with van der Waals surface area (Å²) in [5.74, 6) is 0. The van der Waals surface area contributed by atoms with Crippen LogP contribution in [-0.4, -0.2) is 16.3 Å². The van der Waals surface area contributed by atoms with Crippen LogP contribution in [0, 0.1) is 11.3 Å². The second-order valence-corrected chi connectivity index (χ2v) is 4.08. The van der Waals surface area contributed by atoms with E-state index in [1.165, 1.54) is 0 Å². The average molecular weight is 280 g/mol. The molecule has 2 unspecified atom stereocenters. The molecule has 7 heteroatoms. The van der Waals surface area contributed by atoms with E-state index in [0.29, 0.717) is 12.1 Å². The van der Waals surface area contributed by atoms with E-state index in [4.69, 9.17) is 16.9 Å². The van der Waals surface area contributed by atoms with Gasteiger partial charge < -0.3 is 10.2 Å². The van der Waals surface area contributed by atoms with Gasteiger partial charge in [-0.05, 0) is 23.8 Å². The Morgan fingerprint density at radius 2 is 1.89 bits per heavy atom. The molecular formula is C11H9ClF3NO2. The molecule has 0 aliphatic rings. The first-order chi connectivity index (χ1) is 8.25. The Morgan fingerprint density at radius 1 is 1.28 bits per heavy atom. The van der Waals surface area contributed by atoms with Gasteiger partial charge in [0.25, 0.3) is 0 Å². The van der Waals surface area contributed by atoms with Crippen LogP contribution < -0.4 is 0 Å². The summed E-state index contributed by atoms with van der Waals surface area (Å²) >= 11 is 5.52. The second-order valence-electron chi connectivity index (χ2n) is 3.65. The average Bonchev–Trinajstić information content (AvgIpc) is 2.26. The smallest absolute Gasteiger partial charge is 0.389 e. The van der Waals surface area contributed by atoms with E-state index in [0.717, 1.165) is 6.07 Å². The van der Waals surface area contributed by atoms with Crippen molar-refractivity contribution in [3.63, 3.8) is 0 Å². The van der Waals surface area contributed by atoms with Gasteiger partial charge in [-0.1, -0.05) is 11.6 Å². The predicted octanol–water partition coefficient (Wildman–Crippen LogP) is 2.67. The molecule has 98 valence electrons. The van der Waals surface area contributed by atoms with E-state index in [2.05, 4.69) is 0 Å². The molecule has 0 bridgehead atoms. The third-order valence-corrected chi connectivity index (χ3v) is 2.47. The van der Waals surface area contributed by atoms with Crippen molar-refractivity contribution in [3.8, 4) is 6.07 Å². The highest BCUT2D eigenvalue weighted by Crippen LogP contribution is 2.34. The van der Waals surface area contributed by atoms with Crippen LogP contribution in [0.2, 0.25) is 5.02 Å². The van der Waals surface area contributed by atoms with Crippen LogP contribution in [0.4, 0.5) is 13.2 Å². The maximum atomic E-state index is 12.5. The number of aliphatic hydroxyl groups is 2. The monoisotopic (exact) mass is 279 g/mol. The number of halogens is 4. The number of hydrogen-bond acceptors (Lipinski definition) is 3. The zero-order valence-electron chi connectivity index (χ0n) is 8.95. The van der Waals surface area contributed by atoms with Crippen molar-refractivity contribution >= 4 is 11.6 Å². The number of alkyl halides is 3. The first-order valence-electron chi connectivity index (χ1n) is 4.86.